The van der Waals surface area contributed by atoms with E-state index in [9.17, 15) is 19.5 Å². The van der Waals surface area contributed by atoms with Crippen molar-refractivity contribution in [3.05, 3.63) is 12.2 Å². The fraction of sp³-hybridized carbons (Fsp3) is 0.872. The lowest BCUT2D eigenvalue weighted by molar-refractivity contribution is -0.889. The van der Waals surface area contributed by atoms with E-state index >= 15 is 0 Å². The van der Waals surface area contributed by atoms with Crippen LogP contribution in [-0.4, -0.2) is 75.5 Å². The Morgan fingerprint density at radius 3 is 1.57 bits per heavy atom. The highest BCUT2D eigenvalue weighted by molar-refractivity contribution is 5.70. The Hall–Kier alpha value is -1.93. The number of unbranched alkanes of at least 4 members (excludes halogenated alkanes) is 18. The molecule has 0 N–H and O–H groups in total. The van der Waals surface area contributed by atoms with E-state index in [2.05, 4.69) is 19.1 Å². The van der Waals surface area contributed by atoms with Gasteiger partial charge in [-0.2, -0.15) is 0 Å². The summed E-state index contributed by atoms with van der Waals surface area (Å²) in [5, 5.41) is 11.5. The number of hydrogen-bond donors (Lipinski definition) is 0. The summed E-state index contributed by atoms with van der Waals surface area (Å²) in [4.78, 5) is 36.0. The van der Waals surface area contributed by atoms with Crippen molar-refractivity contribution < 1.29 is 38.2 Å². The Bertz CT molecular complexity index is 793. The van der Waals surface area contributed by atoms with Crippen LogP contribution in [-0.2, 0) is 28.6 Å². The number of aliphatic carboxylic acids is 1. The lowest BCUT2D eigenvalue weighted by Crippen LogP contribution is -2.55. The molecule has 0 spiro atoms. The molecule has 0 aliphatic heterocycles. The number of allylic oxidation sites excluding steroid dienone is 2. The molecule has 0 heterocycles. The zero-order valence-corrected chi connectivity index (χ0v) is 31.2. The summed E-state index contributed by atoms with van der Waals surface area (Å²) < 4.78 is 16.8. The molecular formula is C39H73NO7. The van der Waals surface area contributed by atoms with Crippen molar-refractivity contribution in [1.29, 1.82) is 0 Å². The number of esters is 2. The highest BCUT2D eigenvalue weighted by Crippen LogP contribution is 2.14. The molecule has 8 nitrogen and oxygen atoms in total. The average molecular weight is 668 g/mol. The van der Waals surface area contributed by atoms with Crippen molar-refractivity contribution in [1.82, 2.24) is 0 Å². The zero-order chi connectivity index (χ0) is 35.0. The number of carboxylic acids is 1. The van der Waals surface area contributed by atoms with Gasteiger partial charge < -0.3 is 28.6 Å². The summed E-state index contributed by atoms with van der Waals surface area (Å²) in [6.07, 6.45) is 30.6. The van der Waals surface area contributed by atoms with Gasteiger partial charge in [0, 0.05) is 19.3 Å². The summed E-state index contributed by atoms with van der Waals surface area (Å²) in [6.45, 7) is 4.42. The van der Waals surface area contributed by atoms with E-state index in [1.54, 1.807) is 21.1 Å². The molecule has 0 fully saturated rings. The minimum atomic E-state index is -1.13. The van der Waals surface area contributed by atoms with Gasteiger partial charge in [0.2, 0.25) is 0 Å². The van der Waals surface area contributed by atoms with E-state index in [1.807, 2.05) is 6.92 Å². The van der Waals surface area contributed by atoms with Gasteiger partial charge in [-0.25, -0.2) is 0 Å². The molecule has 0 saturated heterocycles. The second-order valence-corrected chi connectivity index (χ2v) is 14.2. The Morgan fingerprint density at radius 2 is 1.09 bits per heavy atom. The lowest BCUT2D eigenvalue weighted by atomic mass is 10.1. The number of carbonyl (C=O) groups is 3. The minimum absolute atomic E-state index is 0.0410. The van der Waals surface area contributed by atoms with Crippen molar-refractivity contribution in [2.75, 3.05) is 41.0 Å². The average Bonchev–Trinajstić information content (AvgIpc) is 3.02. The van der Waals surface area contributed by atoms with Crippen LogP contribution in [0.4, 0.5) is 0 Å². The highest BCUT2D eigenvalue weighted by Gasteiger charge is 2.25. The molecule has 0 aromatic heterocycles. The number of nitrogens with zero attached hydrogens (tertiary/aromatic N) is 1. The first-order valence-corrected chi connectivity index (χ1v) is 19.2. The van der Waals surface area contributed by atoms with Gasteiger partial charge in [0.05, 0.1) is 40.3 Å². The molecule has 2 unspecified atom stereocenters. The quantitative estimate of drug-likeness (QED) is 0.0295. The largest absolute Gasteiger partial charge is 0.544 e. The first-order valence-electron chi connectivity index (χ1n) is 19.2. The third-order valence-corrected chi connectivity index (χ3v) is 8.65. The standard InChI is InChI=1S/C39H73NO7/c1-6-8-10-11-12-13-14-15-16-17-18-19-20-21-22-23-24-25-26-27-28-30-38(42)47-35(34-46-37(41)29-9-7-2)33-45-32-31-36(39(43)44)40(3,4)5/h17-18,35-36H,6-16,19-34H2,1-5H3/b18-17-. The Labute approximate surface area is 289 Å². The van der Waals surface area contributed by atoms with Crippen LogP contribution in [0.15, 0.2) is 12.2 Å². The molecular weight excluding hydrogens is 594 g/mol. The van der Waals surface area contributed by atoms with Crippen molar-refractivity contribution >= 4 is 17.9 Å². The molecule has 2 atom stereocenters. The predicted octanol–water partition coefficient (Wildman–Crippen LogP) is 8.24. The highest BCUT2D eigenvalue weighted by atomic mass is 16.6. The van der Waals surface area contributed by atoms with Crippen molar-refractivity contribution in [3.63, 3.8) is 0 Å². The Morgan fingerprint density at radius 1 is 0.617 bits per heavy atom. The SMILES string of the molecule is CCCCCCCCCC/C=C\CCCCCCCCCCCC(=O)OC(COCCC(C(=O)[O-])[N+](C)(C)C)COC(=O)CCCC. The number of likely N-dealkylation sites (N-methyl/N-ethyl adjacent to an activating group) is 1. The number of ether oxygens (including phenoxy) is 3. The van der Waals surface area contributed by atoms with Crippen LogP contribution in [0.5, 0.6) is 0 Å². The first-order chi connectivity index (χ1) is 22.6. The van der Waals surface area contributed by atoms with Gasteiger partial charge in [0.15, 0.2) is 6.10 Å². The van der Waals surface area contributed by atoms with Gasteiger partial charge in [-0.05, 0) is 38.5 Å². The van der Waals surface area contributed by atoms with Crippen LogP contribution >= 0.6 is 0 Å². The molecule has 0 rings (SSSR count). The molecule has 0 saturated carbocycles. The molecule has 0 radical (unpaired) electrons. The number of hydrogen-bond acceptors (Lipinski definition) is 7. The second-order valence-electron chi connectivity index (χ2n) is 14.2. The van der Waals surface area contributed by atoms with Crippen LogP contribution in [0.1, 0.15) is 168 Å². The van der Waals surface area contributed by atoms with Crippen molar-refractivity contribution in [2.45, 2.75) is 180 Å². The van der Waals surface area contributed by atoms with E-state index < -0.39 is 18.1 Å². The van der Waals surface area contributed by atoms with Crippen LogP contribution < -0.4 is 5.11 Å². The lowest BCUT2D eigenvalue weighted by Gasteiger charge is -2.34. The minimum Gasteiger partial charge on any atom is -0.544 e. The first kappa shape index (κ1) is 45.1. The summed E-state index contributed by atoms with van der Waals surface area (Å²) in [5.74, 6) is -1.78. The maximum Gasteiger partial charge on any atom is 0.306 e. The smallest absolute Gasteiger partial charge is 0.306 e. The van der Waals surface area contributed by atoms with E-state index in [0.717, 1.165) is 32.1 Å². The maximum absolute atomic E-state index is 12.5. The molecule has 47 heavy (non-hydrogen) atoms. The molecule has 0 aliphatic carbocycles. The Balaban J connectivity index is 4.01. The molecule has 276 valence electrons. The van der Waals surface area contributed by atoms with Gasteiger partial charge in [-0.3, -0.25) is 9.59 Å². The molecule has 0 aliphatic rings. The van der Waals surface area contributed by atoms with Crippen LogP contribution in [0.3, 0.4) is 0 Å². The number of rotatable bonds is 34. The summed E-state index contributed by atoms with van der Waals surface area (Å²) in [5.41, 5.74) is 0. The molecule has 0 aromatic rings. The van der Waals surface area contributed by atoms with Gasteiger partial charge in [-0.15, -0.1) is 0 Å². The normalized spacial score (nSPS) is 13.1. The maximum atomic E-state index is 12.5. The van der Waals surface area contributed by atoms with Gasteiger partial charge in [-0.1, -0.05) is 122 Å². The molecule has 8 heteroatoms. The zero-order valence-electron chi connectivity index (χ0n) is 31.2. The Kier molecular flexibility index (Phi) is 30.1. The van der Waals surface area contributed by atoms with Gasteiger partial charge in [0.1, 0.15) is 12.6 Å². The number of quaternary nitrogens is 1. The van der Waals surface area contributed by atoms with Gasteiger partial charge >= 0.3 is 11.9 Å². The van der Waals surface area contributed by atoms with E-state index in [4.69, 9.17) is 14.2 Å². The van der Waals surface area contributed by atoms with E-state index in [1.165, 1.54) is 103 Å². The second kappa shape index (κ2) is 31.3. The summed E-state index contributed by atoms with van der Waals surface area (Å²) in [7, 11) is 5.38. The topological polar surface area (TPSA) is 102 Å². The predicted molar refractivity (Wildman–Crippen MR) is 190 cm³/mol. The molecule has 0 amide bonds. The van der Waals surface area contributed by atoms with Crippen LogP contribution in [0, 0.1) is 0 Å². The van der Waals surface area contributed by atoms with E-state index in [0.29, 0.717) is 12.8 Å². The van der Waals surface area contributed by atoms with Crippen LogP contribution in [0.25, 0.3) is 0 Å². The van der Waals surface area contributed by atoms with Crippen molar-refractivity contribution in [2.24, 2.45) is 0 Å². The number of carboxylic acid groups (broad SMARTS) is 1. The summed E-state index contributed by atoms with van der Waals surface area (Å²) in [6, 6.07) is -0.718. The third kappa shape index (κ3) is 29.9. The molecule has 0 bridgehead atoms. The monoisotopic (exact) mass is 668 g/mol. The van der Waals surface area contributed by atoms with Crippen molar-refractivity contribution in [3.8, 4) is 0 Å². The third-order valence-electron chi connectivity index (χ3n) is 8.65. The van der Waals surface area contributed by atoms with Crippen LogP contribution in [0.2, 0.25) is 0 Å². The summed E-state index contributed by atoms with van der Waals surface area (Å²) >= 11 is 0. The fourth-order valence-electron chi connectivity index (χ4n) is 5.57. The fourth-order valence-corrected chi connectivity index (χ4v) is 5.57. The van der Waals surface area contributed by atoms with Gasteiger partial charge in [0.25, 0.3) is 0 Å². The van der Waals surface area contributed by atoms with E-state index in [-0.39, 0.29) is 42.7 Å². The molecule has 0 aromatic carbocycles. The number of carbonyl (C=O) groups excluding carboxylic acids is 3.